The number of nitrogens with zero attached hydrogens (tertiary/aromatic N) is 2. The fourth-order valence-electron chi connectivity index (χ4n) is 4.81. The minimum absolute atomic E-state index is 0.0665. The molecule has 2 aliphatic rings. The first-order valence-corrected chi connectivity index (χ1v) is 12.4. The number of likely N-dealkylation sites (tertiary alicyclic amines) is 1. The number of aliphatic carboxylic acids is 2. The van der Waals surface area contributed by atoms with E-state index in [0.717, 1.165) is 19.6 Å². The summed E-state index contributed by atoms with van der Waals surface area (Å²) in [5.74, 6) is -1.89. The topological polar surface area (TPSA) is 207 Å². The van der Waals surface area contributed by atoms with Gasteiger partial charge in [0.15, 0.2) is 12.2 Å². The second-order valence-corrected chi connectivity index (χ2v) is 10.9. The largest absolute Gasteiger partial charge is 0.479 e. The van der Waals surface area contributed by atoms with Crippen LogP contribution in [0.5, 0.6) is 0 Å². The van der Waals surface area contributed by atoms with Crippen LogP contribution in [0, 0.1) is 23.2 Å². The van der Waals surface area contributed by atoms with Crippen molar-refractivity contribution in [1.82, 2.24) is 15.2 Å². The van der Waals surface area contributed by atoms with Crippen molar-refractivity contribution in [2.45, 2.75) is 26.1 Å². The molecular weight excluding hydrogens is 520 g/mol. The summed E-state index contributed by atoms with van der Waals surface area (Å²) in [4.78, 5) is 39.1. The van der Waals surface area contributed by atoms with Gasteiger partial charge in [-0.05, 0) is 36.0 Å². The number of carbonyl (C=O) groups is 3. The standard InChI is InChI=1S/C21H27ClN4O2.C4H6O6/c1-21(2,11-27)10-26-8-15-14(16(15)9-26)7-25-20(28)13-6-17(22)18(23)12-4-3-5-24-19(12)13;5-1(3(7)8)2(6)4(9)10/h3-6,14-16,27H,7-11,23H2,1-2H3,(H,25,28);1-2,5-6H,(H,7,8)(H,9,10). The molecular formula is C25H33ClN4O8. The molecule has 0 spiro atoms. The van der Waals surface area contributed by atoms with Crippen LogP contribution in [0.4, 0.5) is 5.69 Å². The number of nitrogens with one attached hydrogen (secondary N) is 1. The van der Waals surface area contributed by atoms with Crippen molar-refractivity contribution >= 4 is 46.0 Å². The van der Waals surface area contributed by atoms with Crippen molar-refractivity contribution in [3.8, 4) is 0 Å². The first kappa shape index (κ1) is 29.5. The van der Waals surface area contributed by atoms with Crippen molar-refractivity contribution in [2.24, 2.45) is 23.2 Å². The van der Waals surface area contributed by atoms with Crippen LogP contribution in [-0.2, 0) is 9.59 Å². The van der Waals surface area contributed by atoms with E-state index in [0.29, 0.717) is 51.5 Å². The molecule has 208 valence electrons. The predicted molar refractivity (Wildman–Crippen MR) is 139 cm³/mol. The first-order valence-electron chi connectivity index (χ1n) is 12.0. The van der Waals surface area contributed by atoms with Crippen molar-refractivity contribution in [3.05, 3.63) is 35.0 Å². The summed E-state index contributed by atoms with van der Waals surface area (Å²) < 4.78 is 0. The highest BCUT2D eigenvalue weighted by Crippen LogP contribution is 2.51. The molecule has 0 bridgehead atoms. The lowest BCUT2D eigenvalue weighted by Gasteiger charge is -2.29. The summed E-state index contributed by atoms with van der Waals surface area (Å²) in [6.45, 7) is 8.05. The number of fused-ring (bicyclic) bond motifs is 2. The Hall–Kier alpha value is -3.03. The summed E-state index contributed by atoms with van der Waals surface area (Å²) >= 11 is 6.21. The van der Waals surface area contributed by atoms with Gasteiger partial charge in [0.2, 0.25) is 0 Å². The molecule has 1 aromatic carbocycles. The molecule has 4 rings (SSSR count). The number of piperidine rings is 1. The lowest BCUT2D eigenvalue weighted by Crippen LogP contribution is -2.39. The average Bonchev–Trinajstić information content (AvgIpc) is 3.34. The number of aliphatic hydroxyl groups excluding tert-OH is 3. The zero-order chi connectivity index (χ0) is 28.4. The fourth-order valence-corrected chi connectivity index (χ4v) is 5.02. The molecule has 38 heavy (non-hydrogen) atoms. The van der Waals surface area contributed by atoms with Gasteiger partial charge in [-0.2, -0.15) is 0 Å². The third kappa shape index (κ3) is 6.69. The Morgan fingerprint density at radius 3 is 2.29 bits per heavy atom. The summed E-state index contributed by atoms with van der Waals surface area (Å²) in [7, 11) is 0. The molecule has 1 aliphatic heterocycles. The van der Waals surface area contributed by atoms with E-state index in [4.69, 9.17) is 37.8 Å². The second-order valence-electron chi connectivity index (χ2n) is 10.5. The third-order valence-corrected chi connectivity index (χ3v) is 7.27. The van der Waals surface area contributed by atoms with Gasteiger partial charge in [0, 0.05) is 49.8 Å². The number of benzene rings is 1. The monoisotopic (exact) mass is 552 g/mol. The lowest BCUT2D eigenvalue weighted by atomic mass is 9.94. The molecule has 2 heterocycles. The Morgan fingerprint density at radius 1 is 1.18 bits per heavy atom. The van der Waals surface area contributed by atoms with E-state index in [2.05, 4.69) is 29.0 Å². The Labute approximate surface area is 224 Å². The number of aliphatic hydroxyl groups is 3. The summed E-state index contributed by atoms with van der Waals surface area (Å²) in [5.41, 5.74) is 7.45. The molecule has 1 amide bonds. The second kappa shape index (κ2) is 11.8. The van der Waals surface area contributed by atoms with Crippen LogP contribution in [0.2, 0.25) is 5.02 Å². The third-order valence-electron chi connectivity index (χ3n) is 6.96. The molecule has 1 aliphatic carbocycles. The molecule has 4 atom stereocenters. The number of aromatic nitrogens is 1. The van der Waals surface area contributed by atoms with E-state index < -0.39 is 24.1 Å². The fraction of sp³-hybridized carbons (Fsp3) is 0.520. The zero-order valence-corrected chi connectivity index (χ0v) is 21.8. The first-order chi connectivity index (χ1) is 17.8. The van der Waals surface area contributed by atoms with Crippen molar-refractivity contribution in [2.75, 3.05) is 38.5 Å². The van der Waals surface area contributed by atoms with Crippen LogP contribution in [-0.4, -0.2) is 98.3 Å². The predicted octanol–water partition coefficient (Wildman–Crippen LogP) is 0.274. The highest BCUT2D eigenvalue weighted by molar-refractivity contribution is 6.35. The summed E-state index contributed by atoms with van der Waals surface area (Å²) in [6, 6.07) is 5.22. The van der Waals surface area contributed by atoms with E-state index in [1.165, 1.54) is 0 Å². The molecule has 1 saturated carbocycles. The van der Waals surface area contributed by atoms with Gasteiger partial charge in [-0.1, -0.05) is 25.4 Å². The maximum Gasteiger partial charge on any atom is 0.335 e. The lowest BCUT2D eigenvalue weighted by molar-refractivity contribution is -0.165. The number of nitrogen functional groups attached to an aromatic ring is 1. The van der Waals surface area contributed by atoms with E-state index >= 15 is 0 Å². The molecule has 12 nitrogen and oxygen atoms in total. The Kier molecular flexibility index (Phi) is 9.16. The van der Waals surface area contributed by atoms with Gasteiger partial charge in [0.25, 0.3) is 5.91 Å². The van der Waals surface area contributed by atoms with Gasteiger partial charge in [0.1, 0.15) is 0 Å². The number of rotatable bonds is 9. The van der Waals surface area contributed by atoms with Crippen LogP contribution >= 0.6 is 11.6 Å². The van der Waals surface area contributed by atoms with Crippen LogP contribution in [0.3, 0.4) is 0 Å². The van der Waals surface area contributed by atoms with Gasteiger partial charge in [-0.15, -0.1) is 0 Å². The molecule has 8 N–H and O–H groups in total. The molecule has 13 heteroatoms. The van der Waals surface area contributed by atoms with Gasteiger partial charge >= 0.3 is 11.9 Å². The molecule has 1 saturated heterocycles. The maximum absolute atomic E-state index is 12.8. The number of carboxylic acids is 2. The van der Waals surface area contributed by atoms with Crippen molar-refractivity contribution in [3.63, 3.8) is 0 Å². The minimum Gasteiger partial charge on any atom is -0.479 e. The Morgan fingerprint density at radius 2 is 1.76 bits per heavy atom. The molecule has 1 aromatic heterocycles. The Balaban J connectivity index is 0.000000342. The molecule has 4 unspecified atom stereocenters. The van der Waals surface area contributed by atoms with Crippen molar-refractivity contribution in [1.29, 1.82) is 0 Å². The van der Waals surface area contributed by atoms with Crippen LogP contribution < -0.4 is 11.1 Å². The average molecular weight is 553 g/mol. The normalized spacial score (nSPS) is 22.1. The van der Waals surface area contributed by atoms with Crippen molar-refractivity contribution < 1.29 is 39.9 Å². The van der Waals surface area contributed by atoms with E-state index in [1.807, 2.05) is 6.07 Å². The number of carboxylic acid groups (broad SMARTS) is 2. The molecule has 0 radical (unpaired) electrons. The highest BCUT2D eigenvalue weighted by Gasteiger charge is 2.55. The number of nitrogens with two attached hydrogens (primary N) is 1. The van der Waals surface area contributed by atoms with Crippen LogP contribution in [0.25, 0.3) is 10.9 Å². The number of carbonyl (C=O) groups excluding carboxylic acids is 1. The highest BCUT2D eigenvalue weighted by atomic mass is 35.5. The van der Waals surface area contributed by atoms with Gasteiger partial charge in [-0.3, -0.25) is 9.78 Å². The zero-order valence-electron chi connectivity index (χ0n) is 21.0. The number of halogens is 1. The van der Waals surface area contributed by atoms with E-state index in [-0.39, 0.29) is 17.9 Å². The minimum atomic E-state index is -2.27. The summed E-state index contributed by atoms with van der Waals surface area (Å²) in [6.07, 6.45) is -2.88. The molecule has 2 fully saturated rings. The maximum atomic E-state index is 12.8. The van der Waals surface area contributed by atoms with Gasteiger partial charge in [-0.25, -0.2) is 9.59 Å². The number of amides is 1. The number of anilines is 1. The van der Waals surface area contributed by atoms with E-state index in [1.54, 1.807) is 18.3 Å². The number of pyridine rings is 1. The smallest absolute Gasteiger partial charge is 0.335 e. The quantitative estimate of drug-likeness (QED) is 0.210. The number of hydrogen-bond donors (Lipinski definition) is 7. The van der Waals surface area contributed by atoms with Crippen LogP contribution in [0.15, 0.2) is 24.4 Å². The molecule has 2 aromatic rings. The summed E-state index contributed by atoms with van der Waals surface area (Å²) in [5, 5.41) is 46.1. The Bertz CT molecular complexity index is 1180. The van der Waals surface area contributed by atoms with Gasteiger partial charge < -0.3 is 41.5 Å². The van der Waals surface area contributed by atoms with E-state index in [9.17, 15) is 19.5 Å². The van der Waals surface area contributed by atoms with Gasteiger partial charge in [0.05, 0.1) is 21.8 Å². The van der Waals surface area contributed by atoms with Crippen LogP contribution in [0.1, 0.15) is 24.2 Å². The number of hydrogen-bond acceptors (Lipinski definition) is 9. The SMILES string of the molecule is CC(C)(CO)CN1CC2C(CNC(=O)c3cc(Cl)c(N)c4cccnc34)C2C1.O=C(O)C(O)C(O)C(=O)O.